The van der Waals surface area contributed by atoms with Gasteiger partial charge in [-0.2, -0.15) is 0 Å². The number of rotatable bonds is 7. The highest BCUT2D eigenvalue weighted by molar-refractivity contribution is 6.74. The molecule has 1 rings (SSSR count). The summed E-state index contributed by atoms with van der Waals surface area (Å²) in [6, 6.07) is 7.86. The Morgan fingerprint density at radius 1 is 1.24 bits per heavy atom. The lowest BCUT2D eigenvalue weighted by molar-refractivity contribution is -0.122. The maximum Gasteiger partial charge on any atom is 0.250 e. The molecule has 142 valence electrons. The molecule has 0 heterocycles. The van der Waals surface area contributed by atoms with Gasteiger partial charge in [0.05, 0.1) is 11.6 Å². The van der Waals surface area contributed by atoms with Crippen molar-refractivity contribution >= 4 is 14.2 Å². The van der Waals surface area contributed by atoms with E-state index >= 15 is 0 Å². The second-order valence-corrected chi connectivity index (χ2v) is 13.8. The second-order valence-electron chi connectivity index (χ2n) is 9.04. The smallest absolute Gasteiger partial charge is 0.250 e. The topological polar surface area (TPSA) is 58.6 Å². The molecule has 1 atom stereocenters. The van der Waals surface area contributed by atoms with Gasteiger partial charge in [0.25, 0.3) is 0 Å². The Balaban J connectivity index is 2.75. The largest absolute Gasteiger partial charge is 0.543 e. The monoisotopic (exact) mass is 365 g/mol. The van der Waals surface area contributed by atoms with Crippen LogP contribution >= 0.6 is 0 Å². The fraction of sp³-hybridized carbons (Fsp3) is 0.650. The molecule has 0 fully saturated rings. The number of hydrogen-bond acceptors (Lipinski definition) is 3. The zero-order chi connectivity index (χ0) is 19.5. The van der Waals surface area contributed by atoms with Gasteiger partial charge in [-0.1, -0.05) is 32.9 Å². The molecule has 1 aromatic rings. The van der Waals surface area contributed by atoms with Gasteiger partial charge in [-0.05, 0) is 63.0 Å². The van der Waals surface area contributed by atoms with Crippen molar-refractivity contribution in [3.05, 3.63) is 29.8 Å². The van der Waals surface area contributed by atoms with Gasteiger partial charge in [0, 0.05) is 6.42 Å². The summed E-state index contributed by atoms with van der Waals surface area (Å²) >= 11 is 0. The molecule has 5 heteroatoms. The van der Waals surface area contributed by atoms with Crippen molar-refractivity contribution in [2.45, 2.75) is 84.2 Å². The summed E-state index contributed by atoms with van der Waals surface area (Å²) in [7, 11) is -1.88. The van der Waals surface area contributed by atoms with E-state index in [9.17, 15) is 9.90 Å². The molecule has 1 amide bonds. The van der Waals surface area contributed by atoms with Crippen molar-refractivity contribution in [3.8, 4) is 5.75 Å². The molecule has 4 nitrogen and oxygen atoms in total. The maximum atomic E-state index is 12.1. The molecule has 0 aromatic heterocycles. The van der Waals surface area contributed by atoms with Crippen molar-refractivity contribution < 1.29 is 14.3 Å². The number of benzene rings is 1. The minimum Gasteiger partial charge on any atom is -0.543 e. The van der Waals surface area contributed by atoms with Crippen LogP contribution in [0.25, 0.3) is 0 Å². The summed E-state index contributed by atoms with van der Waals surface area (Å²) in [5.74, 6) is 0.812. The van der Waals surface area contributed by atoms with E-state index in [2.05, 4.69) is 39.2 Å². The first-order chi connectivity index (χ1) is 11.2. The molecule has 2 N–H and O–H groups in total. The minimum absolute atomic E-state index is 0.0506. The van der Waals surface area contributed by atoms with Gasteiger partial charge in [-0.15, -0.1) is 0 Å². The molecule has 1 aromatic carbocycles. The predicted octanol–water partition coefficient (Wildman–Crippen LogP) is 4.80. The Bertz CT molecular complexity index is 585. The molecule has 1 unspecified atom stereocenters. The van der Waals surface area contributed by atoms with Gasteiger partial charge in [-0.3, -0.25) is 4.79 Å². The van der Waals surface area contributed by atoms with Crippen LogP contribution in [0.4, 0.5) is 0 Å². The minimum atomic E-state index is -1.88. The van der Waals surface area contributed by atoms with E-state index in [1.165, 1.54) is 0 Å². The SMILES string of the molecule is CC(NC(=O)CCC(C)(C)O)c1cccc(O[Si](C)(C)C(C)(C)C)c1. The summed E-state index contributed by atoms with van der Waals surface area (Å²) in [5, 5.41) is 12.9. The highest BCUT2D eigenvalue weighted by atomic mass is 28.4. The first-order valence-corrected chi connectivity index (χ1v) is 11.9. The van der Waals surface area contributed by atoms with Crippen LogP contribution in [0.1, 0.15) is 66.0 Å². The fourth-order valence-electron chi connectivity index (χ4n) is 2.11. The van der Waals surface area contributed by atoms with Gasteiger partial charge in [0.2, 0.25) is 14.2 Å². The molecule has 0 radical (unpaired) electrons. The number of aliphatic hydroxyl groups is 1. The molecule has 25 heavy (non-hydrogen) atoms. The van der Waals surface area contributed by atoms with Gasteiger partial charge in [0.1, 0.15) is 5.75 Å². The van der Waals surface area contributed by atoms with Crippen LogP contribution < -0.4 is 9.74 Å². The van der Waals surface area contributed by atoms with E-state index in [0.717, 1.165) is 11.3 Å². The summed E-state index contributed by atoms with van der Waals surface area (Å²) in [6.07, 6.45) is 0.758. The van der Waals surface area contributed by atoms with Crippen LogP contribution in [-0.2, 0) is 4.79 Å². The molecular weight excluding hydrogens is 330 g/mol. The third-order valence-corrected chi connectivity index (χ3v) is 9.24. The summed E-state index contributed by atoms with van der Waals surface area (Å²) in [4.78, 5) is 12.1. The Hall–Kier alpha value is -1.33. The van der Waals surface area contributed by atoms with Crippen LogP contribution in [0.15, 0.2) is 24.3 Å². The quantitative estimate of drug-likeness (QED) is 0.682. The van der Waals surface area contributed by atoms with Gasteiger partial charge >= 0.3 is 0 Å². The number of amides is 1. The molecule has 0 aliphatic rings. The molecule has 0 saturated carbocycles. The average molecular weight is 366 g/mol. The number of carbonyl (C=O) groups is 1. The third-order valence-electron chi connectivity index (χ3n) is 4.88. The first-order valence-electron chi connectivity index (χ1n) is 9.02. The molecule has 0 spiro atoms. The molecule has 0 saturated heterocycles. The Kier molecular flexibility index (Phi) is 6.87. The Morgan fingerprint density at radius 2 is 1.84 bits per heavy atom. The number of hydrogen-bond donors (Lipinski definition) is 2. The number of carbonyl (C=O) groups excluding carboxylic acids is 1. The zero-order valence-electron chi connectivity index (χ0n) is 17.1. The summed E-state index contributed by atoms with van der Waals surface area (Å²) < 4.78 is 6.35. The van der Waals surface area contributed by atoms with Crippen LogP contribution in [0.3, 0.4) is 0 Å². The normalized spacial score (nSPS) is 14.1. The summed E-state index contributed by atoms with van der Waals surface area (Å²) in [6.45, 7) is 16.5. The van der Waals surface area contributed by atoms with E-state index < -0.39 is 13.9 Å². The third kappa shape index (κ3) is 7.20. The van der Waals surface area contributed by atoms with E-state index in [4.69, 9.17) is 4.43 Å². The van der Waals surface area contributed by atoms with E-state index in [0.29, 0.717) is 12.8 Å². The lowest BCUT2D eigenvalue weighted by Gasteiger charge is -2.36. The van der Waals surface area contributed by atoms with Gasteiger partial charge < -0.3 is 14.8 Å². The fourth-order valence-corrected chi connectivity index (χ4v) is 3.13. The predicted molar refractivity (Wildman–Crippen MR) is 106 cm³/mol. The molecule has 0 aliphatic carbocycles. The van der Waals surface area contributed by atoms with Crippen LogP contribution in [0.5, 0.6) is 5.75 Å². The number of nitrogens with one attached hydrogen (secondary N) is 1. The molecule has 0 bridgehead atoms. The Labute approximate surface area is 154 Å². The van der Waals surface area contributed by atoms with Crippen molar-refractivity contribution in [2.24, 2.45) is 0 Å². The van der Waals surface area contributed by atoms with Crippen molar-refractivity contribution in [1.82, 2.24) is 5.32 Å². The van der Waals surface area contributed by atoms with Crippen molar-refractivity contribution in [2.75, 3.05) is 0 Å². The molecular formula is C20H35NO3Si. The standard InChI is InChI=1S/C20H35NO3Si/c1-15(21-18(22)12-13-20(5,6)23)16-10-9-11-17(14-16)24-25(7,8)19(2,3)4/h9-11,14-15,23H,12-13H2,1-8H3,(H,21,22). The van der Waals surface area contributed by atoms with Crippen LogP contribution in [0, 0.1) is 0 Å². The highest BCUT2D eigenvalue weighted by Crippen LogP contribution is 2.37. The lowest BCUT2D eigenvalue weighted by atomic mass is 10.0. The van der Waals surface area contributed by atoms with Crippen LogP contribution in [-0.4, -0.2) is 24.9 Å². The van der Waals surface area contributed by atoms with Gasteiger partial charge in [-0.25, -0.2) is 0 Å². The van der Waals surface area contributed by atoms with Crippen LogP contribution in [0.2, 0.25) is 18.1 Å². The van der Waals surface area contributed by atoms with Crippen molar-refractivity contribution in [3.63, 3.8) is 0 Å². The molecule has 0 aliphatic heterocycles. The highest BCUT2D eigenvalue weighted by Gasteiger charge is 2.39. The lowest BCUT2D eigenvalue weighted by Crippen LogP contribution is -2.43. The van der Waals surface area contributed by atoms with E-state index in [1.54, 1.807) is 13.8 Å². The average Bonchev–Trinajstić information content (AvgIpc) is 2.43. The first kappa shape index (κ1) is 21.7. The summed E-state index contributed by atoms with van der Waals surface area (Å²) in [5.41, 5.74) is 0.199. The van der Waals surface area contributed by atoms with E-state index in [1.807, 2.05) is 31.2 Å². The van der Waals surface area contributed by atoms with E-state index in [-0.39, 0.29) is 17.0 Å². The van der Waals surface area contributed by atoms with Crippen molar-refractivity contribution in [1.29, 1.82) is 0 Å². The van der Waals surface area contributed by atoms with Gasteiger partial charge in [0.15, 0.2) is 0 Å². The Morgan fingerprint density at radius 3 is 2.36 bits per heavy atom. The zero-order valence-corrected chi connectivity index (χ0v) is 18.1. The maximum absolute atomic E-state index is 12.1. The second kappa shape index (κ2) is 7.91.